The molecule has 1 amide bonds. The number of carbonyl (C=O) groups is 1. The lowest BCUT2D eigenvalue weighted by atomic mass is 10.0. The zero-order chi connectivity index (χ0) is 18.0. The fourth-order valence-electron chi connectivity index (χ4n) is 2.79. The second-order valence-electron chi connectivity index (χ2n) is 6.21. The number of benzene rings is 2. The molecule has 128 valence electrons. The van der Waals surface area contributed by atoms with Gasteiger partial charge in [0.25, 0.3) is 0 Å². The van der Waals surface area contributed by atoms with Crippen molar-refractivity contribution in [3.8, 4) is 0 Å². The number of rotatable bonds is 4. The van der Waals surface area contributed by atoms with Gasteiger partial charge in [0.15, 0.2) is 5.76 Å². The minimum Gasteiger partial charge on any atom is -0.454 e. The highest BCUT2D eigenvalue weighted by molar-refractivity contribution is 6.05. The molecule has 3 N–H and O–H groups in total. The maximum atomic E-state index is 12.5. The van der Waals surface area contributed by atoms with Crippen molar-refractivity contribution in [1.29, 1.82) is 0 Å². The lowest BCUT2D eigenvalue weighted by Gasteiger charge is -2.06. The molecule has 5 nitrogen and oxygen atoms in total. The van der Waals surface area contributed by atoms with Crippen molar-refractivity contribution in [3.63, 3.8) is 0 Å². The number of carbonyl (C=O) groups excluding carboxylic acids is 1. The third-order valence-electron chi connectivity index (χ3n) is 4.14. The van der Waals surface area contributed by atoms with Crippen LogP contribution in [0.1, 0.15) is 29.4 Å². The van der Waals surface area contributed by atoms with Gasteiger partial charge in [-0.2, -0.15) is 5.10 Å². The maximum absolute atomic E-state index is 12.5. The average Bonchev–Trinajstić information content (AvgIpc) is 2.93. The number of amides is 1. The molecule has 0 saturated heterocycles. The van der Waals surface area contributed by atoms with E-state index in [4.69, 9.17) is 10.3 Å². The smallest absolute Gasteiger partial charge is 0.228 e. The molecule has 1 heterocycles. The summed E-state index contributed by atoms with van der Waals surface area (Å²) in [4.78, 5) is 12.5. The first kappa shape index (κ1) is 16.8. The van der Waals surface area contributed by atoms with Crippen molar-refractivity contribution in [2.45, 2.75) is 27.2 Å². The summed E-state index contributed by atoms with van der Waals surface area (Å²) >= 11 is 0. The van der Waals surface area contributed by atoms with Crippen LogP contribution in [0.25, 0.3) is 11.0 Å². The first-order valence-corrected chi connectivity index (χ1v) is 8.11. The summed E-state index contributed by atoms with van der Waals surface area (Å²) < 4.78 is 5.91. The van der Waals surface area contributed by atoms with Crippen LogP contribution in [0.4, 0.5) is 5.69 Å². The second-order valence-corrected chi connectivity index (χ2v) is 6.21. The fourth-order valence-corrected chi connectivity index (χ4v) is 2.79. The normalized spacial score (nSPS) is 11.7. The molecule has 0 fully saturated rings. The summed E-state index contributed by atoms with van der Waals surface area (Å²) in [5.74, 6) is 5.87. The Balaban J connectivity index is 1.93. The summed E-state index contributed by atoms with van der Waals surface area (Å²) in [5, 5.41) is 7.55. The van der Waals surface area contributed by atoms with Crippen molar-refractivity contribution < 1.29 is 9.21 Å². The average molecular weight is 335 g/mol. The molecule has 0 aliphatic rings. The molecular weight excluding hydrogens is 314 g/mol. The molecule has 0 atom stereocenters. The van der Waals surface area contributed by atoms with Crippen LogP contribution in [0.5, 0.6) is 0 Å². The summed E-state index contributed by atoms with van der Waals surface area (Å²) in [6.07, 6.45) is 0.187. The zero-order valence-corrected chi connectivity index (χ0v) is 14.6. The van der Waals surface area contributed by atoms with Crippen LogP contribution in [0, 0.1) is 13.8 Å². The third kappa shape index (κ3) is 3.55. The van der Waals surface area contributed by atoms with Gasteiger partial charge in [-0.1, -0.05) is 29.8 Å². The van der Waals surface area contributed by atoms with Crippen LogP contribution in [0.15, 0.2) is 52.0 Å². The van der Waals surface area contributed by atoms with Gasteiger partial charge in [0, 0.05) is 16.6 Å². The van der Waals surface area contributed by atoms with Gasteiger partial charge in [-0.05, 0) is 44.5 Å². The van der Waals surface area contributed by atoms with E-state index in [0.29, 0.717) is 11.5 Å². The first-order chi connectivity index (χ1) is 12.0. The number of hydrogen-bond donors (Lipinski definition) is 2. The molecule has 0 aliphatic carbocycles. The van der Waals surface area contributed by atoms with Crippen LogP contribution in [0.3, 0.4) is 0 Å². The minimum absolute atomic E-state index is 0.113. The van der Waals surface area contributed by atoms with E-state index < -0.39 is 0 Å². The van der Waals surface area contributed by atoms with E-state index >= 15 is 0 Å². The van der Waals surface area contributed by atoms with E-state index in [9.17, 15) is 4.79 Å². The van der Waals surface area contributed by atoms with Gasteiger partial charge < -0.3 is 15.6 Å². The maximum Gasteiger partial charge on any atom is 0.228 e. The Labute approximate surface area is 146 Å². The molecule has 0 radical (unpaired) electrons. The molecule has 25 heavy (non-hydrogen) atoms. The van der Waals surface area contributed by atoms with Crippen molar-refractivity contribution in [3.05, 3.63) is 64.9 Å². The van der Waals surface area contributed by atoms with Crippen molar-refractivity contribution in [2.75, 3.05) is 5.32 Å². The van der Waals surface area contributed by atoms with E-state index in [1.807, 2.05) is 56.3 Å². The topological polar surface area (TPSA) is 80.6 Å². The highest BCUT2D eigenvalue weighted by atomic mass is 16.3. The molecule has 3 rings (SSSR count). The van der Waals surface area contributed by atoms with Gasteiger partial charge in [-0.25, -0.2) is 0 Å². The molecule has 5 heteroatoms. The van der Waals surface area contributed by atoms with E-state index in [-0.39, 0.29) is 12.3 Å². The lowest BCUT2D eigenvalue weighted by Crippen LogP contribution is -2.15. The van der Waals surface area contributed by atoms with E-state index in [2.05, 4.69) is 10.4 Å². The Morgan fingerprint density at radius 3 is 2.48 bits per heavy atom. The van der Waals surface area contributed by atoms with Crippen molar-refractivity contribution in [1.82, 2.24) is 0 Å². The Morgan fingerprint density at radius 2 is 1.80 bits per heavy atom. The molecule has 0 bridgehead atoms. The molecular formula is C20H21N3O2. The number of fused-ring (bicyclic) bond motifs is 1. The van der Waals surface area contributed by atoms with Crippen molar-refractivity contribution in [2.24, 2.45) is 10.9 Å². The standard InChI is InChI=1S/C20H21N3O2/c1-12-4-7-15(8-5-12)22-19(24)11-17-16-9-6-13(2)10-18(16)25-20(17)14(3)23-21/h4-10H,11,21H2,1-3H3,(H,22,24)/b23-14+. The summed E-state index contributed by atoms with van der Waals surface area (Å²) in [7, 11) is 0. The monoisotopic (exact) mass is 335 g/mol. The van der Waals surface area contributed by atoms with Gasteiger partial charge in [-0.3, -0.25) is 4.79 Å². The quantitative estimate of drug-likeness (QED) is 0.431. The Kier molecular flexibility index (Phi) is 4.57. The Hall–Kier alpha value is -3.08. The van der Waals surface area contributed by atoms with Crippen LogP contribution >= 0.6 is 0 Å². The predicted molar refractivity (Wildman–Crippen MR) is 101 cm³/mol. The molecule has 3 aromatic rings. The molecule has 1 aromatic heterocycles. The molecule has 0 unspecified atom stereocenters. The number of hydrazone groups is 1. The summed E-state index contributed by atoms with van der Waals surface area (Å²) in [5.41, 5.74) is 5.09. The second kappa shape index (κ2) is 6.81. The predicted octanol–water partition coefficient (Wildman–Crippen LogP) is 3.91. The molecule has 2 aromatic carbocycles. The van der Waals surface area contributed by atoms with Gasteiger partial charge in [0.1, 0.15) is 5.58 Å². The SMILES string of the molecule is C/C(=N\N)c1oc2cc(C)ccc2c1CC(=O)Nc1ccc(C)cc1. The van der Waals surface area contributed by atoms with E-state index in [0.717, 1.165) is 33.3 Å². The van der Waals surface area contributed by atoms with Crippen LogP contribution < -0.4 is 11.2 Å². The summed E-state index contributed by atoms with van der Waals surface area (Å²) in [6.45, 7) is 5.77. The lowest BCUT2D eigenvalue weighted by molar-refractivity contribution is -0.115. The Morgan fingerprint density at radius 1 is 1.12 bits per heavy atom. The number of hydrogen-bond acceptors (Lipinski definition) is 4. The van der Waals surface area contributed by atoms with Gasteiger partial charge in [-0.15, -0.1) is 0 Å². The largest absolute Gasteiger partial charge is 0.454 e. The number of nitrogens with zero attached hydrogens (tertiary/aromatic N) is 1. The zero-order valence-electron chi connectivity index (χ0n) is 14.6. The van der Waals surface area contributed by atoms with Gasteiger partial charge in [0.05, 0.1) is 12.1 Å². The van der Waals surface area contributed by atoms with Crippen LogP contribution in [-0.2, 0) is 11.2 Å². The fraction of sp³-hybridized carbons (Fsp3) is 0.200. The van der Waals surface area contributed by atoms with Crippen molar-refractivity contribution >= 4 is 28.3 Å². The van der Waals surface area contributed by atoms with Crippen LogP contribution in [-0.4, -0.2) is 11.6 Å². The number of nitrogens with one attached hydrogen (secondary N) is 1. The highest BCUT2D eigenvalue weighted by Crippen LogP contribution is 2.28. The number of furan rings is 1. The minimum atomic E-state index is -0.113. The molecule has 0 aliphatic heterocycles. The summed E-state index contributed by atoms with van der Waals surface area (Å²) in [6, 6.07) is 13.6. The number of nitrogens with two attached hydrogens (primary N) is 1. The highest BCUT2D eigenvalue weighted by Gasteiger charge is 2.19. The molecule has 0 saturated carbocycles. The van der Waals surface area contributed by atoms with Crippen LogP contribution in [0.2, 0.25) is 0 Å². The number of aryl methyl sites for hydroxylation is 2. The van der Waals surface area contributed by atoms with Gasteiger partial charge in [0.2, 0.25) is 5.91 Å². The first-order valence-electron chi connectivity index (χ1n) is 8.11. The third-order valence-corrected chi connectivity index (χ3v) is 4.14. The van der Waals surface area contributed by atoms with Gasteiger partial charge >= 0.3 is 0 Å². The molecule has 0 spiro atoms. The van der Waals surface area contributed by atoms with E-state index in [1.165, 1.54) is 0 Å². The van der Waals surface area contributed by atoms with E-state index in [1.54, 1.807) is 6.92 Å². The Bertz CT molecular complexity index is 953. The number of anilines is 1.